The van der Waals surface area contributed by atoms with Crippen LogP contribution in [0.15, 0.2) is 24.3 Å². The highest BCUT2D eigenvalue weighted by Crippen LogP contribution is 2.23. The van der Waals surface area contributed by atoms with Gasteiger partial charge in [0.25, 0.3) is 0 Å². The monoisotopic (exact) mass is 266 g/mol. The van der Waals surface area contributed by atoms with E-state index in [9.17, 15) is 0 Å². The molecule has 0 radical (unpaired) electrons. The van der Waals surface area contributed by atoms with Crippen molar-refractivity contribution in [1.29, 1.82) is 0 Å². The molecule has 0 atom stereocenters. The molecule has 1 heterocycles. The number of thiazole rings is 1. The van der Waals surface area contributed by atoms with Crippen molar-refractivity contribution in [1.82, 2.24) is 4.98 Å². The molecule has 0 bridgehead atoms. The maximum atomic E-state index is 5.96. The molecule has 1 N–H and O–H groups in total. The van der Waals surface area contributed by atoms with Crippen LogP contribution < -0.4 is 5.32 Å². The maximum Gasteiger partial charge on any atom is 0.182 e. The van der Waals surface area contributed by atoms with Crippen molar-refractivity contribution in [2.45, 2.75) is 19.8 Å². The van der Waals surface area contributed by atoms with Crippen molar-refractivity contribution in [3.8, 4) is 0 Å². The van der Waals surface area contributed by atoms with Gasteiger partial charge in [-0.05, 0) is 37.5 Å². The Hall–Kier alpha value is -1.06. The highest BCUT2D eigenvalue weighted by molar-refractivity contribution is 7.15. The lowest BCUT2D eigenvalue weighted by molar-refractivity contribution is 0.917. The van der Waals surface area contributed by atoms with Crippen LogP contribution in [0.1, 0.15) is 16.1 Å². The van der Waals surface area contributed by atoms with E-state index in [1.807, 2.05) is 25.2 Å². The van der Waals surface area contributed by atoms with E-state index in [1.165, 1.54) is 16.1 Å². The lowest BCUT2D eigenvalue weighted by Gasteiger charge is -2.01. The molecule has 0 aliphatic heterocycles. The number of aromatic nitrogens is 1. The van der Waals surface area contributed by atoms with Crippen molar-refractivity contribution in [3.63, 3.8) is 0 Å². The van der Waals surface area contributed by atoms with Gasteiger partial charge in [0.05, 0.1) is 5.69 Å². The fraction of sp³-hybridized carbons (Fsp3) is 0.308. The third kappa shape index (κ3) is 3.20. The lowest BCUT2D eigenvalue weighted by atomic mass is 10.1. The maximum absolute atomic E-state index is 5.96. The second-order valence-electron chi connectivity index (χ2n) is 3.90. The van der Waals surface area contributed by atoms with Crippen LogP contribution in [0.5, 0.6) is 0 Å². The van der Waals surface area contributed by atoms with Gasteiger partial charge in [-0.25, -0.2) is 4.98 Å². The summed E-state index contributed by atoms with van der Waals surface area (Å²) in [5.74, 6) is 0. The van der Waals surface area contributed by atoms with Crippen LogP contribution in [0.2, 0.25) is 5.02 Å². The molecule has 17 heavy (non-hydrogen) atoms. The van der Waals surface area contributed by atoms with E-state index in [2.05, 4.69) is 23.3 Å². The van der Waals surface area contributed by atoms with Crippen molar-refractivity contribution in [2.24, 2.45) is 0 Å². The zero-order valence-corrected chi connectivity index (χ0v) is 11.5. The summed E-state index contributed by atoms with van der Waals surface area (Å²) in [5.41, 5.74) is 2.44. The molecule has 0 amide bonds. The third-order valence-electron chi connectivity index (χ3n) is 2.65. The average Bonchev–Trinajstić information content (AvgIpc) is 2.68. The molecule has 0 spiro atoms. The fourth-order valence-corrected chi connectivity index (χ4v) is 2.75. The summed E-state index contributed by atoms with van der Waals surface area (Å²) >= 11 is 7.67. The molecular formula is C13H15ClN2S. The fourth-order valence-electron chi connectivity index (χ4n) is 1.72. The number of halogens is 1. The van der Waals surface area contributed by atoms with Crippen molar-refractivity contribution >= 4 is 28.1 Å². The van der Waals surface area contributed by atoms with E-state index in [4.69, 9.17) is 11.6 Å². The molecule has 0 fully saturated rings. The van der Waals surface area contributed by atoms with E-state index < -0.39 is 0 Å². The Kier molecular flexibility index (Phi) is 4.02. The minimum absolute atomic E-state index is 0.799. The Morgan fingerprint density at radius 2 is 2.18 bits per heavy atom. The van der Waals surface area contributed by atoms with Crippen LogP contribution in [0.25, 0.3) is 0 Å². The second-order valence-corrected chi connectivity index (χ2v) is 5.54. The smallest absolute Gasteiger partial charge is 0.182 e. The van der Waals surface area contributed by atoms with Crippen LogP contribution in [-0.4, -0.2) is 12.0 Å². The van der Waals surface area contributed by atoms with Gasteiger partial charge in [0.15, 0.2) is 5.13 Å². The van der Waals surface area contributed by atoms with Gasteiger partial charge >= 0.3 is 0 Å². The van der Waals surface area contributed by atoms with Crippen LogP contribution >= 0.6 is 22.9 Å². The van der Waals surface area contributed by atoms with Crippen LogP contribution in [0.4, 0.5) is 5.13 Å². The number of nitrogens with one attached hydrogen (secondary N) is 1. The Labute approximate surface area is 111 Å². The molecule has 2 rings (SSSR count). The zero-order valence-electron chi connectivity index (χ0n) is 9.96. The molecule has 0 aliphatic carbocycles. The summed E-state index contributed by atoms with van der Waals surface area (Å²) in [6.07, 6.45) is 1.94. The van der Waals surface area contributed by atoms with Gasteiger partial charge in [0.2, 0.25) is 0 Å². The van der Waals surface area contributed by atoms with Crippen molar-refractivity contribution in [3.05, 3.63) is 45.4 Å². The van der Waals surface area contributed by atoms with Gasteiger partial charge in [0, 0.05) is 16.9 Å². The van der Waals surface area contributed by atoms with Gasteiger partial charge in [0.1, 0.15) is 0 Å². The van der Waals surface area contributed by atoms with E-state index in [1.54, 1.807) is 11.3 Å². The quantitative estimate of drug-likeness (QED) is 0.907. The first-order chi connectivity index (χ1) is 8.19. The molecule has 0 saturated carbocycles. The van der Waals surface area contributed by atoms with Crippen LogP contribution in [0, 0.1) is 6.92 Å². The summed E-state index contributed by atoms with van der Waals surface area (Å²) in [6, 6.07) is 8.01. The molecule has 2 aromatic rings. The summed E-state index contributed by atoms with van der Waals surface area (Å²) in [7, 11) is 1.90. The van der Waals surface area contributed by atoms with Crippen LogP contribution in [0.3, 0.4) is 0 Å². The van der Waals surface area contributed by atoms with Crippen molar-refractivity contribution < 1.29 is 0 Å². The number of rotatable bonds is 4. The Bertz CT molecular complexity index is 508. The van der Waals surface area contributed by atoms with E-state index >= 15 is 0 Å². The lowest BCUT2D eigenvalue weighted by Crippen LogP contribution is -1.94. The number of benzene rings is 1. The molecule has 1 aromatic heterocycles. The SMILES string of the molecule is CNc1nc(CCc2cccc(Cl)c2)c(C)s1. The van der Waals surface area contributed by atoms with E-state index in [0.29, 0.717) is 0 Å². The molecular weight excluding hydrogens is 252 g/mol. The van der Waals surface area contributed by atoms with Gasteiger partial charge < -0.3 is 5.32 Å². The molecule has 0 saturated heterocycles. The molecule has 0 unspecified atom stereocenters. The topological polar surface area (TPSA) is 24.9 Å². The molecule has 2 nitrogen and oxygen atoms in total. The minimum Gasteiger partial charge on any atom is -0.365 e. The van der Waals surface area contributed by atoms with Gasteiger partial charge in [-0.2, -0.15) is 0 Å². The summed E-state index contributed by atoms with van der Waals surface area (Å²) < 4.78 is 0. The first-order valence-electron chi connectivity index (χ1n) is 5.57. The minimum atomic E-state index is 0.799. The number of nitrogens with zero attached hydrogens (tertiary/aromatic N) is 1. The van der Waals surface area contributed by atoms with E-state index in [-0.39, 0.29) is 0 Å². The first kappa shape index (κ1) is 12.4. The molecule has 4 heteroatoms. The normalized spacial score (nSPS) is 10.5. The van der Waals surface area contributed by atoms with E-state index in [0.717, 1.165) is 23.0 Å². The largest absolute Gasteiger partial charge is 0.365 e. The second kappa shape index (κ2) is 5.52. The predicted octanol–water partition coefficient (Wildman–Crippen LogP) is 3.93. The first-order valence-corrected chi connectivity index (χ1v) is 6.77. The Morgan fingerprint density at radius 1 is 1.35 bits per heavy atom. The molecule has 90 valence electrons. The van der Waals surface area contributed by atoms with Gasteiger partial charge in [-0.15, -0.1) is 11.3 Å². The van der Waals surface area contributed by atoms with Gasteiger partial charge in [-0.1, -0.05) is 23.7 Å². The summed E-state index contributed by atoms with van der Waals surface area (Å²) in [5, 5.41) is 4.87. The number of anilines is 1. The Morgan fingerprint density at radius 3 is 2.82 bits per heavy atom. The number of hydrogen-bond donors (Lipinski definition) is 1. The Balaban J connectivity index is 2.04. The summed E-state index contributed by atoms with van der Waals surface area (Å²) in [6.45, 7) is 2.12. The highest BCUT2D eigenvalue weighted by Gasteiger charge is 2.06. The zero-order chi connectivity index (χ0) is 12.3. The molecule has 1 aromatic carbocycles. The predicted molar refractivity (Wildman–Crippen MR) is 75.3 cm³/mol. The third-order valence-corrected chi connectivity index (χ3v) is 3.91. The van der Waals surface area contributed by atoms with Crippen LogP contribution in [-0.2, 0) is 12.8 Å². The molecule has 0 aliphatic rings. The summed E-state index contributed by atoms with van der Waals surface area (Å²) in [4.78, 5) is 5.83. The number of hydrogen-bond acceptors (Lipinski definition) is 3. The number of aryl methyl sites for hydroxylation is 3. The average molecular weight is 267 g/mol. The van der Waals surface area contributed by atoms with Gasteiger partial charge in [-0.3, -0.25) is 0 Å². The standard InChI is InChI=1S/C13H15ClN2S/c1-9-12(16-13(15-2)17-9)7-6-10-4-3-5-11(14)8-10/h3-5,8H,6-7H2,1-2H3,(H,15,16). The highest BCUT2D eigenvalue weighted by atomic mass is 35.5. The van der Waals surface area contributed by atoms with Crippen molar-refractivity contribution in [2.75, 3.05) is 12.4 Å².